The van der Waals surface area contributed by atoms with Gasteiger partial charge < -0.3 is 14.2 Å². The fourth-order valence-electron chi connectivity index (χ4n) is 3.41. The van der Waals surface area contributed by atoms with E-state index in [0.717, 1.165) is 0 Å². The van der Waals surface area contributed by atoms with E-state index in [1.54, 1.807) is 18.6 Å². The van der Waals surface area contributed by atoms with Gasteiger partial charge in [0.25, 0.3) is 0 Å². The van der Waals surface area contributed by atoms with Crippen LogP contribution in [0.25, 0.3) is 17.0 Å². The van der Waals surface area contributed by atoms with E-state index in [0.29, 0.717) is 29.3 Å². The van der Waals surface area contributed by atoms with E-state index in [9.17, 15) is 13.2 Å². The molecule has 0 aliphatic heterocycles. The molecular weight excluding hydrogens is 531 g/mol. The van der Waals surface area contributed by atoms with Gasteiger partial charge in [0.1, 0.15) is 6.73 Å². The van der Waals surface area contributed by atoms with Crippen molar-refractivity contribution in [3.63, 3.8) is 0 Å². The summed E-state index contributed by atoms with van der Waals surface area (Å²) in [6.07, 6.45) is 2.83. The first-order valence-electron chi connectivity index (χ1n) is 10.8. The molecule has 0 aliphatic rings. The largest absolute Gasteiger partial charge is 0.462 e. The van der Waals surface area contributed by atoms with Gasteiger partial charge in [-0.15, -0.1) is 0 Å². The molecular formula is C23H22Cl2N4O6S. The number of benzene rings is 2. The number of halogens is 2. The van der Waals surface area contributed by atoms with Crippen LogP contribution in [0.4, 0.5) is 0 Å². The highest BCUT2D eigenvalue weighted by Crippen LogP contribution is 2.33. The molecule has 4 rings (SSSR count). The van der Waals surface area contributed by atoms with E-state index in [1.165, 1.54) is 53.5 Å². The fourth-order valence-corrected chi connectivity index (χ4v) is 5.33. The summed E-state index contributed by atoms with van der Waals surface area (Å²) in [6.45, 7) is 2.65. The highest BCUT2D eigenvalue weighted by molar-refractivity contribution is 7.91. The number of rotatable bonds is 10. The highest BCUT2D eigenvalue weighted by atomic mass is 35.5. The van der Waals surface area contributed by atoms with Crippen molar-refractivity contribution in [1.29, 1.82) is 0 Å². The van der Waals surface area contributed by atoms with Gasteiger partial charge in [-0.2, -0.15) is 5.10 Å². The molecule has 0 radical (unpaired) electrons. The van der Waals surface area contributed by atoms with Gasteiger partial charge in [-0.05, 0) is 43.3 Å². The zero-order chi connectivity index (χ0) is 25.9. The number of carbonyl (C=O) groups is 1. The zero-order valence-electron chi connectivity index (χ0n) is 19.3. The number of aromatic nitrogens is 4. The molecule has 190 valence electrons. The first-order valence-corrected chi connectivity index (χ1v) is 13.0. The second-order valence-electron chi connectivity index (χ2n) is 7.49. The van der Waals surface area contributed by atoms with Crippen LogP contribution in [0.3, 0.4) is 0 Å². The summed E-state index contributed by atoms with van der Waals surface area (Å²) >= 11 is 12.4. The topological polar surface area (TPSA) is 115 Å². The molecule has 0 bridgehead atoms. The second kappa shape index (κ2) is 11.0. The normalized spacial score (nSPS) is 11.8. The number of sulfone groups is 1. The smallest absolute Gasteiger partial charge is 0.341 e. The van der Waals surface area contributed by atoms with E-state index in [4.69, 9.17) is 37.4 Å². The van der Waals surface area contributed by atoms with Crippen LogP contribution in [0.5, 0.6) is 0 Å². The van der Waals surface area contributed by atoms with E-state index < -0.39 is 15.8 Å². The molecule has 0 N–H and O–H groups in total. The SMILES string of the molecule is CCOC(=O)c1cnn(-c2nc3cc(S(=O)(=O)c4ccc(Cl)cc4)c(Cl)cc3n2COCCOC)c1. The minimum atomic E-state index is -3.96. The lowest BCUT2D eigenvalue weighted by Crippen LogP contribution is -2.12. The Balaban J connectivity index is 1.82. The maximum Gasteiger partial charge on any atom is 0.341 e. The summed E-state index contributed by atoms with van der Waals surface area (Å²) in [5, 5.41) is 4.65. The number of hydrogen-bond acceptors (Lipinski definition) is 8. The Kier molecular flexibility index (Phi) is 7.96. The van der Waals surface area contributed by atoms with Crippen molar-refractivity contribution in [2.45, 2.75) is 23.4 Å². The lowest BCUT2D eigenvalue weighted by Gasteiger charge is -2.11. The summed E-state index contributed by atoms with van der Waals surface area (Å²) < 4.78 is 45.4. The third kappa shape index (κ3) is 5.25. The molecule has 0 unspecified atom stereocenters. The minimum absolute atomic E-state index is 0.00900. The lowest BCUT2D eigenvalue weighted by molar-refractivity contribution is 0.0356. The average Bonchev–Trinajstić information content (AvgIpc) is 3.47. The predicted molar refractivity (Wildman–Crippen MR) is 133 cm³/mol. The van der Waals surface area contributed by atoms with Crippen molar-refractivity contribution in [2.75, 3.05) is 26.9 Å². The Morgan fingerprint density at radius 3 is 2.56 bits per heavy atom. The predicted octanol–water partition coefficient (Wildman–Crippen LogP) is 4.16. The number of fused-ring (bicyclic) bond motifs is 1. The number of nitrogens with zero attached hydrogens (tertiary/aromatic N) is 4. The van der Waals surface area contributed by atoms with Gasteiger partial charge in [0.15, 0.2) is 0 Å². The lowest BCUT2D eigenvalue weighted by atomic mass is 10.3. The van der Waals surface area contributed by atoms with Crippen molar-refractivity contribution >= 4 is 50.0 Å². The number of methoxy groups -OCH3 is 1. The summed E-state index contributed by atoms with van der Waals surface area (Å²) in [4.78, 5) is 16.6. The van der Waals surface area contributed by atoms with Crippen LogP contribution in [0.1, 0.15) is 17.3 Å². The monoisotopic (exact) mass is 552 g/mol. The molecule has 0 fully saturated rings. The quantitative estimate of drug-likeness (QED) is 0.213. The van der Waals surface area contributed by atoms with Crippen LogP contribution in [0, 0.1) is 0 Å². The van der Waals surface area contributed by atoms with Gasteiger partial charge in [0, 0.05) is 18.3 Å². The second-order valence-corrected chi connectivity index (χ2v) is 10.3. The van der Waals surface area contributed by atoms with E-state index in [1.807, 2.05) is 0 Å². The molecule has 0 aliphatic carbocycles. The molecule has 0 saturated carbocycles. The minimum Gasteiger partial charge on any atom is -0.462 e. The molecule has 0 saturated heterocycles. The number of carbonyl (C=O) groups excluding carboxylic acids is 1. The maximum absolute atomic E-state index is 13.3. The van der Waals surface area contributed by atoms with E-state index in [-0.39, 0.29) is 39.7 Å². The summed E-state index contributed by atoms with van der Waals surface area (Å²) in [5.41, 5.74) is 1.08. The van der Waals surface area contributed by atoms with Crippen LogP contribution < -0.4 is 0 Å². The van der Waals surface area contributed by atoms with Crippen LogP contribution in [-0.2, 0) is 30.8 Å². The molecule has 2 heterocycles. The maximum atomic E-state index is 13.3. The molecule has 0 spiro atoms. The molecule has 36 heavy (non-hydrogen) atoms. The Morgan fingerprint density at radius 1 is 1.11 bits per heavy atom. The van der Waals surface area contributed by atoms with Crippen LogP contribution in [0.2, 0.25) is 10.0 Å². The number of esters is 1. The van der Waals surface area contributed by atoms with E-state index in [2.05, 4.69) is 10.1 Å². The van der Waals surface area contributed by atoms with Crippen LogP contribution >= 0.6 is 23.2 Å². The third-order valence-electron chi connectivity index (χ3n) is 5.15. The van der Waals surface area contributed by atoms with Gasteiger partial charge in [0.05, 0.1) is 57.4 Å². The average molecular weight is 553 g/mol. The Labute approximate surface area is 217 Å². The van der Waals surface area contributed by atoms with Gasteiger partial charge >= 0.3 is 5.97 Å². The summed E-state index contributed by atoms with van der Waals surface area (Å²) in [5.74, 6) is -0.239. The van der Waals surface area contributed by atoms with E-state index >= 15 is 0 Å². The van der Waals surface area contributed by atoms with Crippen molar-refractivity contribution in [2.24, 2.45) is 0 Å². The first-order chi connectivity index (χ1) is 17.3. The van der Waals surface area contributed by atoms with Crippen molar-refractivity contribution in [3.8, 4) is 5.95 Å². The molecule has 10 nitrogen and oxygen atoms in total. The Bertz CT molecular complexity index is 1500. The zero-order valence-corrected chi connectivity index (χ0v) is 21.7. The van der Waals surface area contributed by atoms with Gasteiger partial charge in [0.2, 0.25) is 15.8 Å². The molecule has 2 aromatic heterocycles. The first kappa shape index (κ1) is 26.1. The molecule has 13 heteroatoms. The number of imidazole rings is 1. The molecule has 4 aromatic rings. The Morgan fingerprint density at radius 2 is 1.86 bits per heavy atom. The highest BCUT2D eigenvalue weighted by Gasteiger charge is 2.24. The standard InChI is InChI=1S/C23H22Cl2N4O6S/c1-3-35-22(30)15-12-26-29(13-15)23-27-19-11-21(36(31,32)17-6-4-16(24)5-7-17)18(25)10-20(19)28(23)14-34-9-8-33-2/h4-7,10-13H,3,8-9,14H2,1-2H3. The molecule has 0 amide bonds. The van der Waals surface area contributed by atoms with Crippen molar-refractivity contribution in [1.82, 2.24) is 19.3 Å². The van der Waals surface area contributed by atoms with Crippen LogP contribution in [-0.4, -0.2) is 60.6 Å². The van der Waals surface area contributed by atoms with Gasteiger partial charge in [-0.1, -0.05) is 23.2 Å². The van der Waals surface area contributed by atoms with Gasteiger partial charge in [-0.3, -0.25) is 4.57 Å². The fraction of sp³-hybridized carbons (Fsp3) is 0.261. The van der Waals surface area contributed by atoms with Gasteiger partial charge in [-0.25, -0.2) is 22.9 Å². The molecule has 0 atom stereocenters. The number of hydrogen-bond donors (Lipinski definition) is 0. The van der Waals surface area contributed by atoms with Crippen LogP contribution in [0.15, 0.2) is 58.6 Å². The molecule has 2 aromatic carbocycles. The third-order valence-corrected chi connectivity index (χ3v) is 7.63. The summed E-state index contributed by atoms with van der Waals surface area (Å²) in [6, 6.07) is 8.70. The van der Waals surface area contributed by atoms with Crippen molar-refractivity contribution in [3.05, 3.63) is 64.4 Å². The van der Waals surface area contributed by atoms with Crippen molar-refractivity contribution < 1.29 is 27.4 Å². The Hall–Kier alpha value is -2.96. The summed E-state index contributed by atoms with van der Waals surface area (Å²) in [7, 11) is -2.40. The number of ether oxygens (including phenoxy) is 3.